The van der Waals surface area contributed by atoms with Gasteiger partial charge in [0.05, 0.1) is 0 Å². The van der Waals surface area contributed by atoms with Gasteiger partial charge in [-0.1, -0.05) is 39.5 Å². The van der Waals surface area contributed by atoms with Crippen LogP contribution in [0.3, 0.4) is 0 Å². The number of carbonyl (C=O) groups excluding carboxylic acids is 2. The molecule has 1 unspecified atom stereocenters. The smallest absolute Gasteiger partial charge is 0.317 e. The van der Waals surface area contributed by atoms with Crippen molar-refractivity contribution >= 4 is 11.9 Å². The molecule has 1 saturated heterocycles. The van der Waals surface area contributed by atoms with Crippen molar-refractivity contribution < 1.29 is 9.59 Å². The number of rotatable bonds is 4. The van der Waals surface area contributed by atoms with Gasteiger partial charge in [-0.25, -0.2) is 4.79 Å². The molecule has 0 aromatic heterocycles. The summed E-state index contributed by atoms with van der Waals surface area (Å²) >= 11 is 0. The van der Waals surface area contributed by atoms with Crippen LogP contribution in [0.5, 0.6) is 0 Å². The lowest BCUT2D eigenvalue weighted by Gasteiger charge is -2.35. The highest BCUT2D eigenvalue weighted by atomic mass is 16.2. The summed E-state index contributed by atoms with van der Waals surface area (Å²) in [4.78, 5) is 25.9. The van der Waals surface area contributed by atoms with Gasteiger partial charge in [0.15, 0.2) is 0 Å². The Bertz CT molecular complexity index is 403. The van der Waals surface area contributed by atoms with E-state index < -0.39 is 0 Å². The third kappa shape index (κ3) is 5.70. The lowest BCUT2D eigenvalue weighted by molar-refractivity contribution is -0.121. The monoisotopic (exact) mass is 323 g/mol. The Hall–Kier alpha value is -1.26. The molecule has 1 atom stereocenters. The molecule has 1 aliphatic carbocycles. The van der Waals surface area contributed by atoms with E-state index in [1.807, 2.05) is 11.8 Å². The molecule has 132 valence electrons. The minimum absolute atomic E-state index is 0.0333. The van der Waals surface area contributed by atoms with Crippen molar-refractivity contribution in [1.82, 2.24) is 15.5 Å². The molecule has 1 saturated carbocycles. The third-order valence-corrected chi connectivity index (χ3v) is 5.37. The topological polar surface area (TPSA) is 61.4 Å². The van der Waals surface area contributed by atoms with Crippen LogP contribution >= 0.6 is 0 Å². The van der Waals surface area contributed by atoms with Crippen LogP contribution < -0.4 is 10.6 Å². The zero-order valence-electron chi connectivity index (χ0n) is 14.8. The molecule has 0 bridgehead atoms. The first-order valence-electron chi connectivity index (χ1n) is 9.34. The first kappa shape index (κ1) is 18.1. The Balaban J connectivity index is 1.79. The van der Waals surface area contributed by atoms with E-state index >= 15 is 0 Å². The van der Waals surface area contributed by atoms with Gasteiger partial charge in [-0.2, -0.15) is 0 Å². The van der Waals surface area contributed by atoms with Gasteiger partial charge in [-0.15, -0.1) is 0 Å². The summed E-state index contributed by atoms with van der Waals surface area (Å²) in [6.07, 6.45) is 10.1. The molecule has 2 fully saturated rings. The maximum Gasteiger partial charge on any atom is 0.317 e. The molecule has 1 aliphatic heterocycles. The van der Waals surface area contributed by atoms with E-state index in [-0.39, 0.29) is 23.4 Å². The van der Waals surface area contributed by atoms with Crippen molar-refractivity contribution in [2.75, 3.05) is 19.6 Å². The molecule has 2 rings (SSSR count). The highest BCUT2D eigenvalue weighted by Gasteiger charge is 2.28. The number of hydrogen-bond donors (Lipinski definition) is 2. The predicted octanol–water partition coefficient (Wildman–Crippen LogP) is 3.05. The van der Waals surface area contributed by atoms with Crippen LogP contribution in [0.1, 0.15) is 71.6 Å². The lowest BCUT2D eigenvalue weighted by atomic mass is 9.82. The Morgan fingerprint density at radius 2 is 1.83 bits per heavy atom. The number of nitrogens with one attached hydrogen (secondary N) is 2. The van der Waals surface area contributed by atoms with Gasteiger partial charge >= 0.3 is 6.03 Å². The molecule has 3 amide bonds. The molecule has 2 aliphatic rings. The summed E-state index contributed by atoms with van der Waals surface area (Å²) < 4.78 is 0. The van der Waals surface area contributed by atoms with Gasteiger partial charge in [0.25, 0.3) is 0 Å². The average molecular weight is 323 g/mol. The van der Waals surface area contributed by atoms with Crippen molar-refractivity contribution in [2.45, 2.75) is 77.7 Å². The van der Waals surface area contributed by atoms with Gasteiger partial charge < -0.3 is 15.5 Å². The molecule has 0 aromatic rings. The fraction of sp³-hybridized carbons (Fsp3) is 0.889. The van der Waals surface area contributed by atoms with E-state index in [4.69, 9.17) is 0 Å². The Morgan fingerprint density at radius 1 is 1.13 bits per heavy atom. The first-order valence-corrected chi connectivity index (χ1v) is 9.34. The molecule has 5 nitrogen and oxygen atoms in total. The van der Waals surface area contributed by atoms with Gasteiger partial charge in [-0.05, 0) is 31.1 Å². The fourth-order valence-electron chi connectivity index (χ4n) is 3.77. The Labute approximate surface area is 140 Å². The normalized spacial score (nSPS) is 24.6. The van der Waals surface area contributed by atoms with Crippen molar-refractivity contribution in [3.63, 3.8) is 0 Å². The van der Waals surface area contributed by atoms with Crippen LogP contribution in [0.2, 0.25) is 0 Å². The Morgan fingerprint density at radius 3 is 2.48 bits per heavy atom. The van der Waals surface area contributed by atoms with Crippen LogP contribution in [0.25, 0.3) is 0 Å². The number of piperidine rings is 1. The molecule has 0 aromatic carbocycles. The van der Waals surface area contributed by atoms with E-state index in [1.165, 1.54) is 38.5 Å². The van der Waals surface area contributed by atoms with Gasteiger partial charge in [0.1, 0.15) is 0 Å². The largest absolute Gasteiger partial charge is 0.352 e. The average Bonchev–Trinajstić information content (AvgIpc) is 2.78. The molecule has 0 spiro atoms. The number of amides is 3. The molecular weight excluding hydrogens is 290 g/mol. The summed E-state index contributed by atoms with van der Waals surface area (Å²) in [6, 6.07) is 0.140. The molecule has 2 N–H and O–H groups in total. The second-order valence-corrected chi connectivity index (χ2v) is 7.59. The van der Waals surface area contributed by atoms with Crippen molar-refractivity contribution in [3.05, 3.63) is 0 Å². The van der Waals surface area contributed by atoms with Crippen molar-refractivity contribution in [1.29, 1.82) is 0 Å². The number of carbonyl (C=O) groups is 2. The Kier molecular flexibility index (Phi) is 6.72. The highest BCUT2D eigenvalue weighted by Crippen LogP contribution is 2.33. The van der Waals surface area contributed by atoms with E-state index in [2.05, 4.69) is 17.6 Å². The second-order valence-electron chi connectivity index (χ2n) is 7.59. The molecule has 1 heterocycles. The zero-order valence-corrected chi connectivity index (χ0v) is 14.8. The zero-order chi connectivity index (χ0) is 16.7. The number of likely N-dealkylation sites (tertiary alicyclic amines) is 1. The van der Waals surface area contributed by atoms with Gasteiger partial charge in [0, 0.05) is 32.1 Å². The molecule has 5 heteroatoms. The number of hydrogen-bond acceptors (Lipinski definition) is 2. The third-order valence-electron chi connectivity index (χ3n) is 5.37. The lowest BCUT2D eigenvalue weighted by Crippen LogP contribution is -2.53. The number of nitrogens with zero attached hydrogens (tertiary/aromatic N) is 1. The van der Waals surface area contributed by atoms with E-state index in [1.54, 1.807) is 0 Å². The van der Waals surface area contributed by atoms with Crippen LogP contribution in [-0.2, 0) is 4.79 Å². The minimum Gasteiger partial charge on any atom is -0.352 e. The SMILES string of the molecule is CCC(=O)NC1CCCN(C(=O)NCC2(C)CCCCCC2)C1. The quantitative estimate of drug-likeness (QED) is 0.781. The van der Waals surface area contributed by atoms with E-state index in [9.17, 15) is 9.59 Å². The second kappa shape index (κ2) is 8.55. The summed E-state index contributed by atoms with van der Waals surface area (Å²) in [5, 5.41) is 6.17. The summed E-state index contributed by atoms with van der Waals surface area (Å²) in [7, 11) is 0. The van der Waals surface area contributed by atoms with Crippen LogP contribution in [0.4, 0.5) is 4.79 Å². The van der Waals surface area contributed by atoms with E-state index in [0.29, 0.717) is 13.0 Å². The van der Waals surface area contributed by atoms with Crippen LogP contribution in [0, 0.1) is 5.41 Å². The van der Waals surface area contributed by atoms with Crippen molar-refractivity contribution in [2.24, 2.45) is 5.41 Å². The molecule has 23 heavy (non-hydrogen) atoms. The van der Waals surface area contributed by atoms with Gasteiger partial charge in [0.2, 0.25) is 5.91 Å². The van der Waals surface area contributed by atoms with Crippen LogP contribution in [-0.4, -0.2) is 42.5 Å². The minimum atomic E-state index is 0.0333. The summed E-state index contributed by atoms with van der Waals surface area (Å²) in [6.45, 7) is 6.36. The van der Waals surface area contributed by atoms with Crippen LogP contribution in [0.15, 0.2) is 0 Å². The number of urea groups is 1. The fourth-order valence-corrected chi connectivity index (χ4v) is 3.77. The van der Waals surface area contributed by atoms with Gasteiger partial charge in [-0.3, -0.25) is 4.79 Å². The molecular formula is C18H33N3O2. The summed E-state index contributed by atoms with van der Waals surface area (Å²) in [5.41, 5.74) is 0.248. The first-order chi connectivity index (χ1) is 11.0. The van der Waals surface area contributed by atoms with E-state index in [0.717, 1.165) is 25.9 Å². The molecule has 0 radical (unpaired) electrons. The maximum atomic E-state index is 12.5. The summed E-state index contributed by atoms with van der Waals surface area (Å²) in [5.74, 6) is 0.0724. The maximum absolute atomic E-state index is 12.5. The predicted molar refractivity (Wildman–Crippen MR) is 92.2 cm³/mol. The van der Waals surface area contributed by atoms with Crippen molar-refractivity contribution in [3.8, 4) is 0 Å². The highest BCUT2D eigenvalue weighted by molar-refractivity contribution is 5.76. The standard InChI is InChI=1S/C18H33N3O2/c1-3-16(22)20-15-9-8-12-21(13-15)17(23)19-14-18(2)10-6-4-5-7-11-18/h15H,3-14H2,1-2H3,(H,19,23)(H,20,22).